The van der Waals surface area contributed by atoms with Gasteiger partial charge in [-0.2, -0.15) is 0 Å². The molecule has 0 radical (unpaired) electrons. The molecule has 0 heterocycles. The maximum absolute atomic E-state index is 6.47. The van der Waals surface area contributed by atoms with Crippen LogP contribution < -0.4 is 9.47 Å². The third kappa shape index (κ3) is 2.63. The minimum absolute atomic E-state index is 0.493. The van der Waals surface area contributed by atoms with Crippen LogP contribution in [-0.4, -0.2) is 26.5 Å². The summed E-state index contributed by atoms with van der Waals surface area (Å²) in [5, 5.41) is 0.583. The van der Waals surface area contributed by atoms with Crippen LogP contribution in [0.5, 0.6) is 11.5 Å². The van der Waals surface area contributed by atoms with E-state index in [-0.39, 0.29) is 0 Å². The van der Waals surface area contributed by atoms with E-state index in [9.17, 15) is 0 Å². The van der Waals surface area contributed by atoms with Crippen molar-refractivity contribution in [3.8, 4) is 11.5 Å². The molecule has 0 atom stereocenters. The number of halogens is 1. The van der Waals surface area contributed by atoms with E-state index in [1.54, 1.807) is 14.2 Å². The Morgan fingerprint density at radius 1 is 1.00 bits per heavy atom. The highest BCUT2D eigenvalue weighted by Crippen LogP contribution is 2.54. The first-order valence-electron chi connectivity index (χ1n) is 8.63. The Labute approximate surface area is 143 Å². The Morgan fingerprint density at radius 2 is 1.65 bits per heavy atom. The average Bonchev–Trinajstić information content (AvgIpc) is 2.54. The largest absolute Gasteiger partial charge is 0.493 e. The maximum Gasteiger partial charge on any atom is 0.180 e. The van der Waals surface area contributed by atoms with Crippen molar-refractivity contribution in [2.75, 3.05) is 14.2 Å². The van der Waals surface area contributed by atoms with Crippen molar-refractivity contribution >= 4 is 17.8 Å². The number of rotatable bonds is 4. The fourth-order valence-corrected chi connectivity index (χ4v) is 5.59. The molecule has 3 nitrogen and oxygen atoms in total. The van der Waals surface area contributed by atoms with Gasteiger partial charge < -0.3 is 9.47 Å². The highest BCUT2D eigenvalue weighted by molar-refractivity contribution is 6.34. The number of nitrogens with zero attached hydrogens (tertiary/aromatic N) is 1. The quantitative estimate of drug-likeness (QED) is 0.754. The van der Waals surface area contributed by atoms with Gasteiger partial charge >= 0.3 is 0 Å². The van der Waals surface area contributed by atoms with Crippen LogP contribution in [0.4, 0.5) is 0 Å². The molecule has 4 saturated carbocycles. The molecule has 1 aromatic carbocycles. The second-order valence-corrected chi connectivity index (χ2v) is 7.78. The lowest BCUT2D eigenvalue weighted by atomic mass is 9.54. The molecule has 0 spiro atoms. The third-order valence-corrected chi connectivity index (χ3v) is 6.47. The molecular formula is C19H24ClNO2. The van der Waals surface area contributed by atoms with Gasteiger partial charge in [0.05, 0.1) is 25.3 Å². The number of hydrogen-bond donors (Lipinski definition) is 0. The summed E-state index contributed by atoms with van der Waals surface area (Å²) in [6, 6.07) is 4.35. The summed E-state index contributed by atoms with van der Waals surface area (Å²) in [5.74, 6) is 4.79. The molecule has 0 aromatic heterocycles. The van der Waals surface area contributed by atoms with Crippen molar-refractivity contribution < 1.29 is 9.47 Å². The van der Waals surface area contributed by atoms with Crippen molar-refractivity contribution in [2.45, 2.75) is 38.1 Å². The van der Waals surface area contributed by atoms with Crippen LogP contribution in [0.1, 0.15) is 37.7 Å². The van der Waals surface area contributed by atoms with Gasteiger partial charge in [-0.05, 0) is 67.9 Å². The molecule has 0 aliphatic heterocycles. The SMILES string of the molecule is COc1ccc(C=NC2C3CC4CC(C3)CC2C4)c(Cl)c1OC. The number of aliphatic imine (C=N–C) groups is 1. The lowest BCUT2D eigenvalue weighted by molar-refractivity contribution is 0.00146. The minimum Gasteiger partial charge on any atom is -0.493 e. The van der Waals surface area contributed by atoms with E-state index in [4.69, 9.17) is 26.1 Å². The molecular weight excluding hydrogens is 310 g/mol. The predicted octanol–water partition coefficient (Wildman–Crippen LogP) is 4.60. The van der Waals surface area contributed by atoms with Gasteiger partial charge in [-0.25, -0.2) is 0 Å². The summed E-state index contributed by atoms with van der Waals surface area (Å²) < 4.78 is 10.7. The van der Waals surface area contributed by atoms with Gasteiger partial charge in [0.2, 0.25) is 0 Å². The van der Waals surface area contributed by atoms with E-state index in [1.165, 1.54) is 32.1 Å². The maximum atomic E-state index is 6.47. The average molecular weight is 334 g/mol. The summed E-state index contributed by atoms with van der Waals surface area (Å²) in [5.41, 5.74) is 0.915. The standard InChI is InChI=1S/C19H24ClNO2/c1-22-16-4-3-13(17(20)19(16)23-2)10-21-18-14-6-11-5-12(8-14)9-15(18)7-11/h3-4,10-12,14-15,18H,5-9H2,1-2H3. The van der Waals surface area contributed by atoms with Gasteiger partial charge in [-0.1, -0.05) is 11.6 Å². The van der Waals surface area contributed by atoms with Crippen LogP contribution in [0.15, 0.2) is 17.1 Å². The Balaban J connectivity index is 1.57. The number of benzene rings is 1. The monoisotopic (exact) mass is 333 g/mol. The van der Waals surface area contributed by atoms with Gasteiger partial charge in [-0.15, -0.1) is 0 Å². The summed E-state index contributed by atoms with van der Waals surface area (Å²) in [4.78, 5) is 4.98. The van der Waals surface area contributed by atoms with Crippen LogP contribution in [0, 0.1) is 23.7 Å². The zero-order chi connectivity index (χ0) is 16.0. The molecule has 1 aromatic rings. The fourth-order valence-electron chi connectivity index (χ4n) is 5.31. The Kier molecular flexibility index (Phi) is 4.00. The summed E-state index contributed by atoms with van der Waals surface area (Å²) in [7, 11) is 3.24. The normalized spacial score (nSPS) is 35.0. The Bertz CT molecular complexity index is 600. The molecule has 0 unspecified atom stereocenters. The summed E-state index contributed by atoms with van der Waals surface area (Å²) in [6.07, 6.45) is 8.97. The van der Waals surface area contributed by atoms with Crippen LogP contribution in [-0.2, 0) is 0 Å². The third-order valence-electron chi connectivity index (χ3n) is 6.08. The van der Waals surface area contributed by atoms with E-state index in [0.717, 1.165) is 29.2 Å². The Morgan fingerprint density at radius 3 is 2.22 bits per heavy atom. The molecule has 4 heteroatoms. The van der Waals surface area contributed by atoms with Crippen LogP contribution >= 0.6 is 11.6 Å². The van der Waals surface area contributed by atoms with E-state index >= 15 is 0 Å². The van der Waals surface area contributed by atoms with E-state index < -0.39 is 0 Å². The molecule has 4 aliphatic carbocycles. The van der Waals surface area contributed by atoms with Crippen LogP contribution in [0.25, 0.3) is 0 Å². The second-order valence-electron chi connectivity index (χ2n) is 7.40. The molecule has 5 rings (SSSR count). The van der Waals surface area contributed by atoms with Gasteiger partial charge in [0, 0.05) is 11.8 Å². The fraction of sp³-hybridized carbons (Fsp3) is 0.632. The molecule has 124 valence electrons. The van der Waals surface area contributed by atoms with Crippen LogP contribution in [0.3, 0.4) is 0 Å². The van der Waals surface area contributed by atoms with Crippen molar-refractivity contribution in [1.29, 1.82) is 0 Å². The molecule has 0 saturated heterocycles. The van der Waals surface area contributed by atoms with E-state index in [0.29, 0.717) is 22.6 Å². The first-order valence-corrected chi connectivity index (χ1v) is 9.01. The number of methoxy groups -OCH3 is 2. The topological polar surface area (TPSA) is 30.8 Å². The lowest BCUT2D eigenvalue weighted by Gasteiger charge is -2.53. The second kappa shape index (κ2) is 6.01. The van der Waals surface area contributed by atoms with Gasteiger partial charge in [0.1, 0.15) is 0 Å². The minimum atomic E-state index is 0.493. The number of hydrogen-bond acceptors (Lipinski definition) is 3. The Hall–Kier alpha value is -1.22. The highest BCUT2D eigenvalue weighted by Gasteiger charge is 2.47. The number of ether oxygens (including phenoxy) is 2. The molecule has 4 bridgehead atoms. The van der Waals surface area contributed by atoms with Gasteiger partial charge in [-0.3, -0.25) is 4.99 Å². The van der Waals surface area contributed by atoms with Crippen molar-refractivity contribution in [3.63, 3.8) is 0 Å². The lowest BCUT2D eigenvalue weighted by Crippen LogP contribution is -2.47. The summed E-state index contributed by atoms with van der Waals surface area (Å²) in [6.45, 7) is 0. The molecule has 4 fully saturated rings. The first-order chi connectivity index (χ1) is 11.2. The molecule has 0 N–H and O–H groups in total. The predicted molar refractivity (Wildman–Crippen MR) is 93.0 cm³/mol. The van der Waals surface area contributed by atoms with Gasteiger partial charge in [0.15, 0.2) is 11.5 Å². The van der Waals surface area contributed by atoms with Crippen molar-refractivity contribution in [2.24, 2.45) is 28.7 Å². The van der Waals surface area contributed by atoms with Crippen molar-refractivity contribution in [1.82, 2.24) is 0 Å². The van der Waals surface area contributed by atoms with E-state index in [1.807, 2.05) is 18.3 Å². The van der Waals surface area contributed by atoms with E-state index in [2.05, 4.69) is 0 Å². The molecule has 4 aliphatic rings. The zero-order valence-corrected chi connectivity index (χ0v) is 14.6. The summed E-state index contributed by atoms with van der Waals surface area (Å²) >= 11 is 6.47. The first kappa shape index (κ1) is 15.3. The smallest absolute Gasteiger partial charge is 0.180 e. The highest BCUT2D eigenvalue weighted by atomic mass is 35.5. The van der Waals surface area contributed by atoms with Crippen molar-refractivity contribution in [3.05, 3.63) is 22.7 Å². The van der Waals surface area contributed by atoms with Crippen LogP contribution in [0.2, 0.25) is 5.02 Å². The van der Waals surface area contributed by atoms with Gasteiger partial charge in [0.25, 0.3) is 0 Å². The molecule has 0 amide bonds. The molecule has 23 heavy (non-hydrogen) atoms. The zero-order valence-electron chi connectivity index (χ0n) is 13.8.